The van der Waals surface area contributed by atoms with Crippen molar-refractivity contribution in [3.63, 3.8) is 0 Å². The lowest BCUT2D eigenvalue weighted by Gasteiger charge is -2.26. The van der Waals surface area contributed by atoms with Crippen molar-refractivity contribution in [1.82, 2.24) is 4.98 Å². The van der Waals surface area contributed by atoms with E-state index in [1.54, 1.807) is 18.2 Å². The summed E-state index contributed by atoms with van der Waals surface area (Å²) in [6, 6.07) is 7.51. The van der Waals surface area contributed by atoms with Gasteiger partial charge < -0.3 is 13.9 Å². The lowest BCUT2D eigenvalue weighted by Crippen LogP contribution is -2.33. The van der Waals surface area contributed by atoms with Gasteiger partial charge >= 0.3 is 11.9 Å². The topological polar surface area (TPSA) is 78.6 Å². The van der Waals surface area contributed by atoms with Gasteiger partial charge in [0.15, 0.2) is 12.2 Å². The van der Waals surface area contributed by atoms with E-state index >= 15 is 0 Å². The van der Waals surface area contributed by atoms with Crippen LogP contribution in [0, 0.1) is 17.8 Å². The first-order valence-electron chi connectivity index (χ1n) is 8.60. The molecule has 140 valence electrons. The van der Waals surface area contributed by atoms with Gasteiger partial charge in [-0.05, 0) is 18.2 Å². The van der Waals surface area contributed by atoms with Gasteiger partial charge in [-0.25, -0.2) is 14.6 Å². The largest absolute Gasteiger partial charge is 0.453 e. The van der Waals surface area contributed by atoms with Crippen LogP contribution in [0.15, 0.2) is 69.9 Å². The Morgan fingerprint density at radius 2 is 2.07 bits per heavy atom. The number of hydrogen-bond acceptors (Lipinski definition) is 7. The van der Waals surface area contributed by atoms with Crippen LogP contribution in [0.2, 0.25) is 0 Å². The minimum Gasteiger partial charge on any atom is -0.453 e. The molecule has 1 aliphatic heterocycles. The summed E-state index contributed by atoms with van der Waals surface area (Å²) in [5.41, 5.74) is 1.43. The van der Waals surface area contributed by atoms with Crippen LogP contribution in [0.1, 0.15) is 0 Å². The molecule has 0 fully saturated rings. The van der Waals surface area contributed by atoms with Crippen LogP contribution in [0.5, 0.6) is 0 Å². The molecular formula is C21H15NO5S. The second-order valence-corrected chi connectivity index (χ2v) is 6.89. The first-order chi connectivity index (χ1) is 13.7. The van der Waals surface area contributed by atoms with E-state index in [4.69, 9.17) is 13.9 Å². The molecule has 7 heteroatoms. The number of esters is 2. The summed E-state index contributed by atoms with van der Waals surface area (Å²) in [5.74, 6) is 4.50. The average Bonchev–Trinajstić information content (AvgIpc) is 3.12. The molecule has 2 heterocycles. The zero-order chi connectivity index (χ0) is 19.3. The van der Waals surface area contributed by atoms with Gasteiger partial charge in [0, 0.05) is 5.92 Å². The Morgan fingerprint density at radius 1 is 1.21 bits per heavy atom. The predicted molar refractivity (Wildman–Crippen MR) is 103 cm³/mol. The number of rotatable bonds is 4. The van der Waals surface area contributed by atoms with Crippen LogP contribution < -0.4 is 0 Å². The third-order valence-corrected chi connectivity index (χ3v) is 4.82. The van der Waals surface area contributed by atoms with Crippen LogP contribution in [0.3, 0.4) is 0 Å². The highest BCUT2D eigenvalue weighted by molar-refractivity contribution is 7.99. The Labute approximate surface area is 165 Å². The molecule has 1 aromatic carbocycles. The minimum absolute atomic E-state index is 0.0937. The molecule has 4 rings (SSSR count). The van der Waals surface area contributed by atoms with E-state index in [9.17, 15) is 9.59 Å². The molecule has 0 amide bonds. The lowest BCUT2D eigenvalue weighted by molar-refractivity contribution is -0.150. The molecule has 0 spiro atoms. The molecule has 2 aliphatic rings. The highest BCUT2D eigenvalue weighted by Crippen LogP contribution is 2.25. The monoisotopic (exact) mass is 393 g/mol. The summed E-state index contributed by atoms with van der Waals surface area (Å²) < 4.78 is 15.9. The number of thioether (sulfide) groups is 1. The predicted octanol–water partition coefficient (Wildman–Crippen LogP) is 3.06. The smallest absolute Gasteiger partial charge is 0.346 e. The van der Waals surface area contributed by atoms with Crippen molar-refractivity contribution < 1.29 is 23.5 Å². The zero-order valence-corrected chi connectivity index (χ0v) is 15.5. The zero-order valence-electron chi connectivity index (χ0n) is 14.7. The van der Waals surface area contributed by atoms with Crippen molar-refractivity contribution >= 4 is 34.8 Å². The Kier molecular flexibility index (Phi) is 5.31. The van der Waals surface area contributed by atoms with Gasteiger partial charge in [0.05, 0.1) is 5.75 Å². The SMILES string of the molecule is O=C(OCC#CCSc1nc2ccccc2o1)C1=C[C@H]2C=CC=C[C@H]2OC1=O. The van der Waals surface area contributed by atoms with E-state index in [1.165, 1.54) is 11.8 Å². The van der Waals surface area contributed by atoms with Crippen LogP contribution in [0.4, 0.5) is 0 Å². The number of benzene rings is 1. The van der Waals surface area contributed by atoms with Crippen molar-refractivity contribution in [2.45, 2.75) is 11.3 Å². The second kappa shape index (κ2) is 8.19. The number of para-hydroxylation sites is 2. The summed E-state index contributed by atoms with van der Waals surface area (Å²) in [7, 11) is 0. The molecule has 0 unspecified atom stereocenters. The molecule has 1 aromatic heterocycles. The van der Waals surface area contributed by atoms with Crippen LogP contribution in [-0.2, 0) is 19.1 Å². The van der Waals surface area contributed by atoms with Gasteiger partial charge in [-0.15, -0.1) is 0 Å². The van der Waals surface area contributed by atoms with Crippen molar-refractivity contribution in [3.05, 3.63) is 60.2 Å². The molecule has 0 saturated heterocycles. The molecule has 0 radical (unpaired) electrons. The third-order valence-electron chi connectivity index (χ3n) is 4.11. The van der Waals surface area contributed by atoms with Crippen molar-refractivity contribution in [2.24, 2.45) is 5.92 Å². The molecule has 6 nitrogen and oxygen atoms in total. The maximum absolute atomic E-state index is 12.1. The molecule has 2 aromatic rings. The fourth-order valence-corrected chi connectivity index (χ4v) is 3.37. The standard InChI is InChI=1S/C21H15NO5S/c23-19(15-13-14-7-1-3-9-17(14)26-20(15)24)25-11-5-6-12-28-21-22-16-8-2-4-10-18(16)27-21/h1-4,7-10,13-14,17H,11-12H2/t14-,17-/m1/s1. The van der Waals surface area contributed by atoms with Gasteiger partial charge in [-0.1, -0.05) is 60.0 Å². The van der Waals surface area contributed by atoms with Crippen molar-refractivity contribution in [2.75, 3.05) is 12.4 Å². The average molecular weight is 393 g/mol. The fourth-order valence-electron chi connectivity index (χ4n) is 2.76. The lowest BCUT2D eigenvalue weighted by atomic mass is 9.93. The summed E-state index contributed by atoms with van der Waals surface area (Å²) in [4.78, 5) is 28.4. The second-order valence-electron chi connectivity index (χ2n) is 5.96. The highest BCUT2D eigenvalue weighted by Gasteiger charge is 2.33. The number of fused-ring (bicyclic) bond motifs is 2. The first kappa shape index (κ1) is 18.1. The maximum Gasteiger partial charge on any atom is 0.346 e. The number of aromatic nitrogens is 1. The van der Waals surface area contributed by atoms with E-state index in [-0.39, 0.29) is 24.2 Å². The molecule has 0 saturated carbocycles. The van der Waals surface area contributed by atoms with Gasteiger partial charge in [0.25, 0.3) is 5.22 Å². The number of allylic oxidation sites excluding steroid dienone is 2. The van der Waals surface area contributed by atoms with Crippen LogP contribution in [0.25, 0.3) is 11.1 Å². The van der Waals surface area contributed by atoms with Crippen molar-refractivity contribution in [3.8, 4) is 11.8 Å². The minimum atomic E-state index is -0.729. The number of nitrogens with zero attached hydrogens (tertiary/aromatic N) is 1. The quantitative estimate of drug-likeness (QED) is 0.342. The molecular weight excluding hydrogens is 378 g/mol. The van der Waals surface area contributed by atoms with E-state index < -0.39 is 11.9 Å². The van der Waals surface area contributed by atoms with Gasteiger partial charge in [0.1, 0.15) is 17.2 Å². The summed E-state index contributed by atoms with van der Waals surface area (Å²) in [6.45, 7) is -0.110. The third kappa shape index (κ3) is 4.02. The maximum atomic E-state index is 12.1. The van der Waals surface area contributed by atoms with Crippen LogP contribution in [-0.4, -0.2) is 35.4 Å². The molecule has 1 aliphatic carbocycles. The number of carbonyl (C=O) groups is 2. The van der Waals surface area contributed by atoms with Gasteiger partial charge in [0.2, 0.25) is 0 Å². The number of hydrogen-bond donors (Lipinski definition) is 0. The Hall–Kier alpha value is -3.24. The summed E-state index contributed by atoms with van der Waals surface area (Å²) in [5, 5.41) is 0.534. The van der Waals surface area contributed by atoms with Crippen LogP contribution >= 0.6 is 11.8 Å². The van der Waals surface area contributed by atoms with E-state index in [1.807, 2.05) is 36.4 Å². The molecule has 0 bridgehead atoms. The Bertz CT molecular complexity index is 1040. The molecule has 2 atom stereocenters. The first-order valence-corrected chi connectivity index (χ1v) is 9.58. The van der Waals surface area contributed by atoms with E-state index in [2.05, 4.69) is 16.8 Å². The Balaban J connectivity index is 1.26. The van der Waals surface area contributed by atoms with Crippen molar-refractivity contribution in [1.29, 1.82) is 0 Å². The number of ether oxygens (including phenoxy) is 2. The Morgan fingerprint density at radius 3 is 2.96 bits per heavy atom. The molecule has 0 N–H and O–H groups in total. The van der Waals surface area contributed by atoms with Gasteiger partial charge in [-0.3, -0.25) is 0 Å². The van der Waals surface area contributed by atoms with Gasteiger partial charge in [-0.2, -0.15) is 0 Å². The normalized spacial score (nSPS) is 20.0. The van der Waals surface area contributed by atoms with E-state index in [0.717, 1.165) is 11.1 Å². The highest BCUT2D eigenvalue weighted by atomic mass is 32.2. The number of oxazole rings is 1. The summed E-state index contributed by atoms with van der Waals surface area (Å²) in [6.07, 6.45) is 8.52. The van der Waals surface area contributed by atoms with E-state index in [0.29, 0.717) is 11.0 Å². The number of carbonyl (C=O) groups excluding carboxylic acids is 2. The summed E-state index contributed by atoms with van der Waals surface area (Å²) >= 11 is 1.35. The molecule has 28 heavy (non-hydrogen) atoms. The fraction of sp³-hybridized carbons (Fsp3) is 0.190.